The largest absolute Gasteiger partial charge is 0.480 e. The molecule has 2 aliphatic rings. The van der Waals surface area contributed by atoms with Gasteiger partial charge in [0.05, 0.1) is 13.2 Å². The predicted octanol–water partition coefficient (Wildman–Crippen LogP) is 3.61. The number of H-pyrrole nitrogens is 1. The van der Waals surface area contributed by atoms with Crippen LogP contribution in [-0.4, -0.2) is 66.5 Å². The molecule has 6 rings (SSSR count). The number of anilines is 1. The molecule has 0 bridgehead atoms. The SMILES string of the molecule is CC1CCC(Cn2c(N3CCOC[C@H]3C(=O)O)nc3nc(-c4noc(=O)[nH]4)nc(-c4cccc(Cl)c4)c32)CC1. The lowest BCUT2D eigenvalue weighted by atomic mass is 9.83. The summed E-state index contributed by atoms with van der Waals surface area (Å²) in [4.78, 5) is 42.5. The molecule has 3 aromatic heterocycles. The van der Waals surface area contributed by atoms with E-state index in [0.717, 1.165) is 31.2 Å². The lowest BCUT2D eigenvalue weighted by Gasteiger charge is -2.35. The Kier molecular flexibility index (Phi) is 6.81. The molecule has 1 aliphatic carbocycles. The summed E-state index contributed by atoms with van der Waals surface area (Å²) in [6.07, 6.45) is 4.42. The Hall–Kier alpha value is -3.77. The fourth-order valence-corrected chi connectivity index (χ4v) is 5.69. The highest BCUT2D eigenvalue weighted by Gasteiger charge is 2.35. The number of nitrogens with one attached hydrogen (secondary N) is 1. The third-order valence-corrected chi connectivity index (χ3v) is 7.81. The zero-order valence-corrected chi connectivity index (χ0v) is 22.1. The average Bonchev–Trinajstić information content (AvgIpc) is 3.53. The van der Waals surface area contributed by atoms with Gasteiger partial charge in [0.25, 0.3) is 0 Å². The van der Waals surface area contributed by atoms with Crippen LogP contribution in [0.2, 0.25) is 5.02 Å². The van der Waals surface area contributed by atoms with Gasteiger partial charge < -0.3 is 19.3 Å². The van der Waals surface area contributed by atoms with E-state index in [1.54, 1.807) is 17.0 Å². The Labute approximate surface area is 228 Å². The van der Waals surface area contributed by atoms with Crippen molar-refractivity contribution in [2.75, 3.05) is 24.7 Å². The second kappa shape index (κ2) is 10.4. The Balaban J connectivity index is 1.59. The van der Waals surface area contributed by atoms with Gasteiger partial charge in [0, 0.05) is 23.7 Å². The van der Waals surface area contributed by atoms with Gasteiger partial charge in [0.1, 0.15) is 11.2 Å². The van der Waals surface area contributed by atoms with E-state index in [4.69, 9.17) is 30.8 Å². The van der Waals surface area contributed by atoms with E-state index >= 15 is 0 Å². The number of aromatic nitrogens is 6. The summed E-state index contributed by atoms with van der Waals surface area (Å²) in [5.41, 5.74) is 2.29. The summed E-state index contributed by atoms with van der Waals surface area (Å²) < 4.78 is 12.3. The van der Waals surface area contributed by atoms with Crippen molar-refractivity contribution in [3.05, 3.63) is 39.8 Å². The molecular weight excluding hydrogens is 526 g/mol. The minimum absolute atomic E-state index is 0.0533. The quantitative estimate of drug-likeness (QED) is 0.362. The van der Waals surface area contributed by atoms with Crippen LogP contribution in [0.4, 0.5) is 5.95 Å². The highest BCUT2D eigenvalue weighted by Crippen LogP contribution is 2.37. The van der Waals surface area contributed by atoms with E-state index < -0.39 is 17.8 Å². The summed E-state index contributed by atoms with van der Waals surface area (Å²) in [5.74, 6) is 0.0619. The van der Waals surface area contributed by atoms with Crippen molar-refractivity contribution in [1.82, 2.24) is 29.7 Å². The van der Waals surface area contributed by atoms with Gasteiger partial charge in [-0.1, -0.05) is 48.7 Å². The van der Waals surface area contributed by atoms with Crippen LogP contribution in [-0.2, 0) is 16.1 Å². The maximum atomic E-state index is 12.2. The van der Waals surface area contributed by atoms with Gasteiger partial charge in [-0.2, -0.15) is 4.98 Å². The van der Waals surface area contributed by atoms with Crippen molar-refractivity contribution < 1.29 is 19.2 Å². The highest BCUT2D eigenvalue weighted by molar-refractivity contribution is 6.30. The molecular formula is C26H28ClN7O5. The number of aliphatic carboxylic acids is 1. The lowest BCUT2D eigenvalue weighted by Crippen LogP contribution is -2.51. The Morgan fingerprint density at radius 3 is 2.74 bits per heavy atom. The molecule has 1 saturated carbocycles. The summed E-state index contributed by atoms with van der Waals surface area (Å²) >= 11 is 6.37. The molecule has 0 unspecified atom stereocenters. The molecule has 12 nitrogen and oxygen atoms in total. The fourth-order valence-electron chi connectivity index (χ4n) is 5.50. The zero-order chi connectivity index (χ0) is 27.1. The zero-order valence-electron chi connectivity index (χ0n) is 21.3. The molecule has 4 aromatic rings. The third-order valence-electron chi connectivity index (χ3n) is 7.58. The van der Waals surface area contributed by atoms with Crippen LogP contribution < -0.4 is 10.7 Å². The number of carbonyl (C=O) groups is 1. The minimum atomic E-state index is -0.984. The van der Waals surface area contributed by atoms with Crippen LogP contribution in [0.25, 0.3) is 34.1 Å². The van der Waals surface area contributed by atoms with Crippen molar-refractivity contribution >= 4 is 34.7 Å². The number of imidazole rings is 1. The first kappa shape index (κ1) is 25.5. The van der Waals surface area contributed by atoms with Crippen molar-refractivity contribution in [3.63, 3.8) is 0 Å². The second-order valence-electron chi connectivity index (χ2n) is 10.3. The first-order valence-electron chi connectivity index (χ1n) is 13.0. The number of morpholine rings is 1. The van der Waals surface area contributed by atoms with Crippen LogP contribution in [0.3, 0.4) is 0 Å². The van der Waals surface area contributed by atoms with Gasteiger partial charge in [-0.05, 0) is 36.8 Å². The monoisotopic (exact) mass is 553 g/mol. The van der Waals surface area contributed by atoms with Crippen LogP contribution >= 0.6 is 11.6 Å². The molecule has 204 valence electrons. The number of ether oxygens (including phenoxy) is 1. The average molecular weight is 554 g/mol. The maximum absolute atomic E-state index is 12.2. The molecule has 1 aromatic carbocycles. The molecule has 2 fully saturated rings. The number of fused-ring (bicyclic) bond motifs is 1. The summed E-state index contributed by atoms with van der Waals surface area (Å²) in [5, 5.41) is 14.3. The normalized spacial score (nSPS) is 21.9. The van der Waals surface area contributed by atoms with Crippen molar-refractivity contribution in [1.29, 1.82) is 0 Å². The lowest BCUT2D eigenvalue weighted by molar-refractivity contribution is -0.141. The molecule has 1 aliphatic heterocycles. The molecule has 1 atom stereocenters. The van der Waals surface area contributed by atoms with Crippen LogP contribution in [0, 0.1) is 11.8 Å². The molecule has 2 N–H and O–H groups in total. The van der Waals surface area contributed by atoms with E-state index in [-0.39, 0.29) is 18.3 Å². The molecule has 4 heterocycles. The van der Waals surface area contributed by atoms with Gasteiger partial charge >= 0.3 is 11.7 Å². The summed E-state index contributed by atoms with van der Waals surface area (Å²) in [7, 11) is 0. The van der Waals surface area contributed by atoms with Crippen LogP contribution in [0.15, 0.2) is 33.6 Å². The maximum Gasteiger partial charge on any atom is 0.439 e. The number of carboxylic acids is 1. The van der Waals surface area contributed by atoms with E-state index in [0.29, 0.717) is 59.4 Å². The minimum Gasteiger partial charge on any atom is -0.480 e. The van der Waals surface area contributed by atoms with Crippen LogP contribution in [0.1, 0.15) is 32.6 Å². The molecule has 0 spiro atoms. The van der Waals surface area contributed by atoms with Gasteiger partial charge in [-0.15, -0.1) is 0 Å². The van der Waals surface area contributed by atoms with Crippen molar-refractivity contribution in [3.8, 4) is 22.9 Å². The van der Waals surface area contributed by atoms with Crippen molar-refractivity contribution in [2.24, 2.45) is 11.8 Å². The molecule has 39 heavy (non-hydrogen) atoms. The number of aromatic amines is 1. The Morgan fingerprint density at radius 1 is 1.21 bits per heavy atom. The first-order chi connectivity index (χ1) is 18.9. The van der Waals surface area contributed by atoms with Gasteiger partial charge in [0.2, 0.25) is 17.6 Å². The number of rotatable bonds is 6. The second-order valence-corrected chi connectivity index (χ2v) is 10.7. The molecule has 0 radical (unpaired) electrons. The number of carboxylic acid groups (broad SMARTS) is 1. The predicted molar refractivity (Wildman–Crippen MR) is 143 cm³/mol. The highest BCUT2D eigenvalue weighted by atomic mass is 35.5. The molecule has 0 amide bonds. The van der Waals surface area contributed by atoms with Gasteiger partial charge in [-0.3, -0.25) is 9.51 Å². The van der Waals surface area contributed by atoms with E-state index in [1.807, 2.05) is 12.1 Å². The molecule has 13 heteroatoms. The number of hydrogen-bond acceptors (Lipinski definition) is 9. The third kappa shape index (κ3) is 5.01. The number of halogens is 1. The fraction of sp³-hybridized carbons (Fsp3) is 0.462. The Morgan fingerprint density at radius 2 is 2.03 bits per heavy atom. The van der Waals surface area contributed by atoms with Crippen molar-refractivity contribution in [2.45, 2.75) is 45.2 Å². The molecule has 1 saturated heterocycles. The topological polar surface area (TPSA) is 152 Å². The number of hydrogen-bond donors (Lipinski definition) is 2. The number of nitrogens with zero attached hydrogens (tertiary/aromatic N) is 6. The first-order valence-corrected chi connectivity index (χ1v) is 13.4. The summed E-state index contributed by atoms with van der Waals surface area (Å²) in [6.45, 7) is 3.72. The van der Waals surface area contributed by atoms with E-state index in [1.165, 1.54) is 0 Å². The number of benzene rings is 1. The Bertz CT molecular complexity index is 1570. The van der Waals surface area contributed by atoms with Gasteiger partial charge in [0.15, 0.2) is 11.7 Å². The van der Waals surface area contributed by atoms with E-state index in [2.05, 4.69) is 26.6 Å². The van der Waals surface area contributed by atoms with Crippen LogP contribution in [0.5, 0.6) is 0 Å². The van der Waals surface area contributed by atoms with E-state index in [9.17, 15) is 14.7 Å². The standard InChI is InChI=1S/C26H28ClN7O5/c1-14-5-7-15(8-6-14)12-34-20-19(16-3-2-4-17(27)11-16)28-22(23-31-26(37)39-32-23)29-21(20)30-25(34)33-9-10-38-13-18(33)24(35)36/h2-4,11,14-15,18H,5-10,12-13H2,1H3,(H,35,36)(H,31,32,37)/t14?,15?,18-/m0/s1. The summed E-state index contributed by atoms with van der Waals surface area (Å²) in [6, 6.07) is 6.39. The van der Waals surface area contributed by atoms with Gasteiger partial charge in [-0.25, -0.2) is 19.6 Å². The smallest absolute Gasteiger partial charge is 0.439 e.